The molecule has 1 unspecified atom stereocenters. The van der Waals surface area contributed by atoms with E-state index in [-0.39, 0.29) is 5.91 Å². The number of hydrogen-bond donors (Lipinski definition) is 2. The van der Waals surface area contributed by atoms with Crippen LogP contribution in [0.4, 0.5) is 0 Å². The molecule has 0 spiro atoms. The molecule has 0 bridgehead atoms. The van der Waals surface area contributed by atoms with Gasteiger partial charge in [0.2, 0.25) is 5.91 Å². The average molecular weight is 354 g/mol. The third kappa shape index (κ3) is 4.80. The smallest absolute Gasteiger partial charge is 0.216 e. The largest absolute Gasteiger partial charge is 0.356 e. The Bertz CT molecular complexity index is 455. The Morgan fingerprint density at radius 1 is 1.38 bits per heavy atom. The first kappa shape index (κ1) is 16.5. The summed E-state index contributed by atoms with van der Waals surface area (Å²) >= 11 is 3.47. The number of rotatable bonds is 5. The van der Waals surface area contributed by atoms with Crippen LogP contribution in [0.2, 0.25) is 0 Å². The Balaban J connectivity index is 1.90. The van der Waals surface area contributed by atoms with Crippen molar-refractivity contribution >= 4 is 21.8 Å². The van der Waals surface area contributed by atoms with Gasteiger partial charge in [-0.3, -0.25) is 9.69 Å². The second-order valence-corrected chi connectivity index (χ2v) is 6.64. The van der Waals surface area contributed by atoms with Gasteiger partial charge < -0.3 is 11.1 Å². The van der Waals surface area contributed by atoms with Gasteiger partial charge in [0, 0.05) is 30.5 Å². The summed E-state index contributed by atoms with van der Waals surface area (Å²) in [5.41, 5.74) is 7.28. The maximum Gasteiger partial charge on any atom is 0.216 e. The van der Waals surface area contributed by atoms with Crippen LogP contribution in [-0.2, 0) is 4.79 Å². The Hall–Kier alpha value is -0.910. The molecule has 3 N–H and O–H groups in total. The van der Waals surface area contributed by atoms with Crippen LogP contribution in [0.3, 0.4) is 0 Å². The highest BCUT2D eigenvalue weighted by Gasteiger charge is 2.25. The van der Waals surface area contributed by atoms with Crippen LogP contribution >= 0.6 is 15.9 Å². The van der Waals surface area contributed by atoms with Crippen LogP contribution in [0.5, 0.6) is 0 Å². The Labute approximate surface area is 135 Å². The van der Waals surface area contributed by atoms with Crippen molar-refractivity contribution in [2.24, 2.45) is 11.7 Å². The van der Waals surface area contributed by atoms with Crippen molar-refractivity contribution in [1.29, 1.82) is 0 Å². The van der Waals surface area contributed by atoms with Gasteiger partial charge in [-0.25, -0.2) is 0 Å². The summed E-state index contributed by atoms with van der Waals surface area (Å²) in [6, 6.07) is 8.72. The first-order chi connectivity index (χ1) is 10.1. The van der Waals surface area contributed by atoms with Gasteiger partial charge in [0.05, 0.1) is 0 Å². The monoisotopic (exact) mass is 353 g/mol. The van der Waals surface area contributed by atoms with Crippen LogP contribution in [0, 0.1) is 5.92 Å². The molecule has 0 aliphatic carbocycles. The lowest BCUT2D eigenvalue weighted by Gasteiger charge is -2.37. The molecule has 2 rings (SSSR count). The van der Waals surface area contributed by atoms with Gasteiger partial charge in [-0.1, -0.05) is 28.1 Å². The van der Waals surface area contributed by atoms with E-state index in [1.807, 2.05) is 0 Å². The fraction of sp³-hybridized carbons (Fsp3) is 0.562. The second kappa shape index (κ2) is 7.92. The SMILES string of the molecule is CC(=O)NCC1CCN(C(CN)c2ccc(Br)cc2)CC1. The maximum absolute atomic E-state index is 11.0. The second-order valence-electron chi connectivity index (χ2n) is 5.72. The number of nitrogens with zero attached hydrogens (tertiary/aromatic N) is 1. The van der Waals surface area contributed by atoms with Gasteiger partial charge in [0.25, 0.3) is 0 Å². The van der Waals surface area contributed by atoms with Crippen molar-refractivity contribution in [2.75, 3.05) is 26.2 Å². The standard InChI is InChI=1S/C16H24BrN3O/c1-12(21)19-11-13-6-8-20(9-7-13)16(10-18)14-2-4-15(17)5-3-14/h2-5,13,16H,6-11,18H2,1H3,(H,19,21). The van der Waals surface area contributed by atoms with Crippen LogP contribution in [0.25, 0.3) is 0 Å². The number of nitrogens with two attached hydrogens (primary N) is 1. The fourth-order valence-electron chi connectivity index (χ4n) is 2.94. The number of carbonyl (C=O) groups is 1. The molecule has 1 amide bonds. The molecule has 0 aromatic heterocycles. The molecule has 0 radical (unpaired) electrons. The third-order valence-electron chi connectivity index (χ3n) is 4.21. The molecule has 1 aromatic carbocycles. The number of carbonyl (C=O) groups excluding carboxylic acids is 1. The van der Waals surface area contributed by atoms with Gasteiger partial charge in [0.1, 0.15) is 0 Å². The van der Waals surface area contributed by atoms with E-state index in [2.05, 4.69) is 50.4 Å². The average Bonchev–Trinajstić information content (AvgIpc) is 2.49. The van der Waals surface area contributed by atoms with E-state index in [0.29, 0.717) is 18.5 Å². The number of likely N-dealkylation sites (tertiary alicyclic amines) is 1. The maximum atomic E-state index is 11.0. The zero-order valence-corrected chi connectivity index (χ0v) is 14.1. The van der Waals surface area contributed by atoms with E-state index in [9.17, 15) is 4.79 Å². The minimum atomic E-state index is 0.0622. The van der Waals surface area contributed by atoms with E-state index in [4.69, 9.17) is 5.73 Å². The number of nitrogens with one attached hydrogen (secondary N) is 1. The molecule has 21 heavy (non-hydrogen) atoms. The highest BCUT2D eigenvalue weighted by atomic mass is 79.9. The van der Waals surface area contributed by atoms with Crippen LogP contribution < -0.4 is 11.1 Å². The first-order valence-electron chi connectivity index (χ1n) is 7.54. The van der Waals surface area contributed by atoms with E-state index < -0.39 is 0 Å². The van der Waals surface area contributed by atoms with Gasteiger partial charge in [-0.2, -0.15) is 0 Å². The summed E-state index contributed by atoms with van der Waals surface area (Å²) in [5.74, 6) is 0.653. The summed E-state index contributed by atoms with van der Waals surface area (Å²) in [4.78, 5) is 13.4. The molecule has 1 aliphatic heterocycles. The molecule has 116 valence electrons. The molecule has 0 saturated carbocycles. The van der Waals surface area contributed by atoms with Crippen molar-refractivity contribution in [2.45, 2.75) is 25.8 Å². The zero-order valence-electron chi connectivity index (χ0n) is 12.5. The molecule has 1 aliphatic rings. The molecule has 5 heteroatoms. The number of hydrogen-bond acceptors (Lipinski definition) is 3. The molecular formula is C16H24BrN3O. The van der Waals surface area contributed by atoms with Gasteiger partial charge >= 0.3 is 0 Å². The van der Waals surface area contributed by atoms with Crippen molar-refractivity contribution < 1.29 is 4.79 Å². The molecule has 4 nitrogen and oxygen atoms in total. The van der Waals surface area contributed by atoms with Crippen molar-refractivity contribution in [3.05, 3.63) is 34.3 Å². The van der Waals surface area contributed by atoms with Crippen LogP contribution in [0.15, 0.2) is 28.7 Å². The Morgan fingerprint density at radius 3 is 2.52 bits per heavy atom. The summed E-state index contributed by atoms with van der Waals surface area (Å²) in [7, 11) is 0. The summed E-state index contributed by atoms with van der Waals surface area (Å²) in [6.45, 7) is 5.10. The topological polar surface area (TPSA) is 58.4 Å². The number of piperidine rings is 1. The summed E-state index contributed by atoms with van der Waals surface area (Å²) < 4.78 is 1.09. The normalized spacial score (nSPS) is 18.4. The minimum Gasteiger partial charge on any atom is -0.356 e. The van der Waals surface area contributed by atoms with Gasteiger partial charge in [-0.15, -0.1) is 0 Å². The fourth-order valence-corrected chi connectivity index (χ4v) is 3.20. The van der Waals surface area contributed by atoms with Crippen LogP contribution in [-0.4, -0.2) is 37.0 Å². The Morgan fingerprint density at radius 2 is 2.00 bits per heavy atom. The molecule has 1 atom stereocenters. The third-order valence-corrected chi connectivity index (χ3v) is 4.74. The zero-order chi connectivity index (χ0) is 15.2. The van der Waals surface area contributed by atoms with Crippen molar-refractivity contribution in [1.82, 2.24) is 10.2 Å². The molecule has 1 fully saturated rings. The minimum absolute atomic E-state index is 0.0622. The predicted octanol–water partition coefficient (Wildman–Crippen LogP) is 2.30. The lowest BCUT2D eigenvalue weighted by molar-refractivity contribution is -0.119. The van der Waals surface area contributed by atoms with Gasteiger partial charge in [0.15, 0.2) is 0 Å². The summed E-state index contributed by atoms with van der Waals surface area (Å²) in [6.07, 6.45) is 2.24. The lowest BCUT2D eigenvalue weighted by atomic mass is 9.94. The van der Waals surface area contributed by atoms with E-state index in [1.54, 1.807) is 6.92 Å². The quantitative estimate of drug-likeness (QED) is 0.853. The number of benzene rings is 1. The van der Waals surface area contributed by atoms with E-state index in [1.165, 1.54) is 5.56 Å². The highest BCUT2D eigenvalue weighted by molar-refractivity contribution is 9.10. The molecule has 1 aromatic rings. The van der Waals surface area contributed by atoms with Crippen molar-refractivity contribution in [3.63, 3.8) is 0 Å². The number of halogens is 1. The summed E-state index contributed by atoms with van der Waals surface area (Å²) in [5, 5.41) is 2.92. The lowest BCUT2D eigenvalue weighted by Crippen LogP contribution is -2.42. The van der Waals surface area contributed by atoms with E-state index >= 15 is 0 Å². The predicted molar refractivity (Wildman–Crippen MR) is 88.9 cm³/mol. The van der Waals surface area contributed by atoms with Crippen molar-refractivity contribution in [3.8, 4) is 0 Å². The van der Waals surface area contributed by atoms with Crippen LogP contribution in [0.1, 0.15) is 31.4 Å². The Kier molecular flexibility index (Phi) is 6.21. The molecule has 1 saturated heterocycles. The highest BCUT2D eigenvalue weighted by Crippen LogP contribution is 2.27. The first-order valence-corrected chi connectivity index (χ1v) is 8.33. The number of amides is 1. The van der Waals surface area contributed by atoms with E-state index in [0.717, 1.165) is 36.9 Å². The molecular weight excluding hydrogens is 330 g/mol. The molecule has 1 heterocycles. The van der Waals surface area contributed by atoms with Gasteiger partial charge in [-0.05, 0) is 49.5 Å².